The number of hydrogen-bond acceptors (Lipinski definition) is 10. The Morgan fingerprint density at radius 2 is 1.81 bits per heavy atom. The van der Waals surface area contributed by atoms with Crippen LogP contribution in [0, 0.1) is 0 Å². The quantitative estimate of drug-likeness (QED) is 0.346. The minimum Gasteiger partial charge on any atom is -0.493 e. The molecule has 0 saturated carbocycles. The van der Waals surface area contributed by atoms with E-state index in [0.29, 0.717) is 40.3 Å². The Balaban J connectivity index is 1.47. The molecule has 0 bridgehead atoms. The van der Waals surface area contributed by atoms with Crippen molar-refractivity contribution in [2.45, 2.75) is 17.3 Å². The summed E-state index contributed by atoms with van der Waals surface area (Å²) in [5.74, 6) is 3.77. The third-order valence-corrected chi connectivity index (χ3v) is 6.42. The zero-order chi connectivity index (χ0) is 21.8. The summed E-state index contributed by atoms with van der Waals surface area (Å²) in [6.07, 6.45) is 0.758. The number of ether oxygens (including phenoxy) is 3. The van der Waals surface area contributed by atoms with Crippen molar-refractivity contribution in [3.05, 3.63) is 46.2 Å². The molecule has 1 aromatic carbocycles. The van der Waals surface area contributed by atoms with Gasteiger partial charge in [-0.3, -0.25) is 0 Å². The van der Waals surface area contributed by atoms with Crippen molar-refractivity contribution in [1.82, 2.24) is 25.0 Å². The van der Waals surface area contributed by atoms with Crippen LogP contribution in [-0.2, 0) is 19.2 Å². The molecule has 0 atom stereocenters. The highest BCUT2D eigenvalue weighted by molar-refractivity contribution is 7.98. The standard InChI is InChI=1S/C20H21N5O4S2/c1-25-16(10-13-6-5-7-30-13)21-24-20(25)31-11-17-22-23-19(29-17)12-8-14(26-2)18(28-4)15(9-12)27-3/h5-9H,10-11H2,1-4H3. The molecule has 0 spiro atoms. The first-order valence-electron chi connectivity index (χ1n) is 9.29. The van der Waals surface area contributed by atoms with Crippen LogP contribution in [0.15, 0.2) is 39.2 Å². The lowest BCUT2D eigenvalue weighted by Crippen LogP contribution is -1.99. The first-order chi connectivity index (χ1) is 15.1. The van der Waals surface area contributed by atoms with E-state index >= 15 is 0 Å². The first-order valence-corrected chi connectivity index (χ1v) is 11.2. The summed E-state index contributed by atoms with van der Waals surface area (Å²) in [4.78, 5) is 1.25. The molecule has 0 aliphatic carbocycles. The number of thiophene rings is 1. The zero-order valence-electron chi connectivity index (χ0n) is 17.5. The van der Waals surface area contributed by atoms with Crippen LogP contribution in [-0.4, -0.2) is 46.3 Å². The normalized spacial score (nSPS) is 11.0. The Hall–Kier alpha value is -3.05. The fraction of sp³-hybridized carbons (Fsp3) is 0.300. The molecular weight excluding hydrogens is 438 g/mol. The smallest absolute Gasteiger partial charge is 0.248 e. The van der Waals surface area contributed by atoms with Crippen LogP contribution in [0.25, 0.3) is 11.5 Å². The molecule has 3 aromatic heterocycles. The summed E-state index contributed by atoms with van der Waals surface area (Å²) in [6, 6.07) is 7.67. The molecule has 0 N–H and O–H groups in total. The second-order valence-corrected chi connectivity index (χ2v) is 8.39. The van der Waals surface area contributed by atoms with Crippen molar-refractivity contribution in [3.63, 3.8) is 0 Å². The van der Waals surface area contributed by atoms with E-state index in [9.17, 15) is 0 Å². The van der Waals surface area contributed by atoms with Gasteiger partial charge in [0, 0.05) is 23.9 Å². The van der Waals surface area contributed by atoms with E-state index in [1.807, 2.05) is 17.7 Å². The second-order valence-electron chi connectivity index (χ2n) is 6.42. The topological polar surface area (TPSA) is 97.3 Å². The maximum absolute atomic E-state index is 5.85. The predicted octanol–water partition coefficient (Wildman–Crippen LogP) is 3.84. The van der Waals surface area contributed by atoms with Crippen LogP contribution in [0.5, 0.6) is 17.2 Å². The highest BCUT2D eigenvalue weighted by Gasteiger charge is 2.18. The van der Waals surface area contributed by atoms with Crippen molar-refractivity contribution in [1.29, 1.82) is 0 Å². The first kappa shape index (κ1) is 21.2. The Morgan fingerprint density at radius 1 is 1.03 bits per heavy atom. The molecule has 0 unspecified atom stereocenters. The lowest BCUT2D eigenvalue weighted by Gasteiger charge is -2.12. The highest BCUT2D eigenvalue weighted by atomic mass is 32.2. The van der Waals surface area contributed by atoms with Crippen molar-refractivity contribution >= 4 is 23.1 Å². The number of rotatable bonds is 9. The Kier molecular flexibility index (Phi) is 6.42. The van der Waals surface area contributed by atoms with Crippen molar-refractivity contribution in [2.75, 3.05) is 21.3 Å². The van der Waals surface area contributed by atoms with Crippen LogP contribution in [0.1, 0.15) is 16.6 Å². The van der Waals surface area contributed by atoms with Gasteiger partial charge in [0.15, 0.2) is 16.7 Å². The van der Waals surface area contributed by atoms with Gasteiger partial charge in [-0.25, -0.2) is 0 Å². The summed E-state index contributed by atoms with van der Waals surface area (Å²) in [5, 5.41) is 19.7. The number of nitrogens with zero attached hydrogens (tertiary/aromatic N) is 5. The third-order valence-electron chi connectivity index (χ3n) is 4.54. The lowest BCUT2D eigenvalue weighted by molar-refractivity contribution is 0.324. The summed E-state index contributed by atoms with van der Waals surface area (Å²) >= 11 is 3.20. The molecule has 4 rings (SSSR count). The summed E-state index contributed by atoms with van der Waals surface area (Å²) in [5.41, 5.74) is 0.676. The Morgan fingerprint density at radius 3 is 2.45 bits per heavy atom. The zero-order valence-corrected chi connectivity index (χ0v) is 19.1. The monoisotopic (exact) mass is 459 g/mol. The van der Waals surface area contributed by atoms with E-state index in [1.54, 1.807) is 44.8 Å². The minimum atomic E-state index is 0.367. The van der Waals surface area contributed by atoms with Gasteiger partial charge >= 0.3 is 0 Å². The largest absolute Gasteiger partial charge is 0.493 e. The summed E-state index contributed by atoms with van der Waals surface area (Å²) in [6.45, 7) is 0. The van der Waals surface area contributed by atoms with Crippen LogP contribution in [0.3, 0.4) is 0 Å². The molecule has 0 radical (unpaired) electrons. The molecule has 0 saturated heterocycles. The van der Waals surface area contributed by atoms with E-state index in [0.717, 1.165) is 17.4 Å². The molecule has 31 heavy (non-hydrogen) atoms. The van der Waals surface area contributed by atoms with E-state index in [4.69, 9.17) is 18.6 Å². The van der Waals surface area contributed by atoms with Gasteiger partial charge in [0.05, 0.1) is 27.1 Å². The number of hydrogen-bond donors (Lipinski definition) is 0. The summed E-state index contributed by atoms with van der Waals surface area (Å²) < 4.78 is 24.0. The average Bonchev–Trinajstić information content (AvgIpc) is 3.54. The molecule has 3 heterocycles. The highest BCUT2D eigenvalue weighted by Crippen LogP contribution is 2.41. The second kappa shape index (κ2) is 9.40. The molecule has 0 amide bonds. The van der Waals surface area contributed by atoms with E-state index in [2.05, 4.69) is 31.8 Å². The molecule has 11 heteroatoms. The van der Waals surface area contributed by atoms with Gasteiger partial charge in [-0.15, -0.1) is 31.7 Å². The molecule has 4 aromatic rings. The SMILES string of the molecule is COc1cc(-c2nnc(CSc3nnc(Cc4cccs4)n3C)o2)cc(OC)c1OC. The van der Waals surface area contributed by atoms with E-state index in [-0.39, 0.29) is 0 Å². The average molecular weight is 460 g/mol. The van der Waals surface area contributed by atoms with Crippen LogP contribution in [0.4, 0.5) is 0 Å². The van der Waals surface area contributed by atoms with Crippen LogP contribution < -0.4 is 14.2 Å². The predicted molar refractivity (Wildman–Crippen MR) is 117 cm³/mol. The molecular formula is C20H21N5O4S2. The minimum absolute atomic E-state index is 0.367. The number of benzene rings is 1. The third kappa shape index (κ3) is 4.52. The lowest BCUT2D eigenvalue weighted by atomic mass is 10.2. The van der Waals surface area contributed by atoms with Crippen molar-refractivity contribution < 1.29 is 18.6 Å². The van der Waals surface area contributed by atoms with Gasteiger partial charge in [-0.1, -0.05) is 17.8 Å². The van der Waals surface area contributed by atoms with E-state index in [1.165, 1.54) is 16.6 Å². The van der Waals surface area contributed by atoms with Gasteiger partial charge < -0.3 is 23.2 Å². The van der Waals surface area contributed by atoms with Crippen LogP contribution in [0.2, 0.25) is 0 Å². The number of methoxy groups -OCH3 is 3. The van der Waals surface area contributed by atoms with Crippen LogP contribution >= 0.6 is 23.1 Å². The maximum Gasteiger partial charge on any atom is 0.248 e. The van der Waals surface area contributed by atoms with Crippen molar-refractivity contribution in [3.8, 4) is 28.7 Å². The maximum atomic E-state index is 5.85. The van der Waals surface area contributed by atoms with E-state index < -0.39 is 0 Å². The summed E-state index contributed by atoms with van der Waals surface area (Å²) in [7, 11) is 6.63. The Bertz CT molecular complexity index is 1130. The molecule has 0 aliphatic rings. The molecule has 9 nitrogen and oxygen atoms in total. The van der Waals surface area contributed by atoms with Gasteiger partial charge in [-0.2, -0.15) is 0 Å². The van der Waals surface area contributed by atoms with Crippen molar-refractivity contribution in [2.24, 2.45) is 7.05 Å². The number of thioether (sulfide) groups is 1. The Labute approximate surface area is 187 Å². The van der Waals surface area contributed by atoms with Gasteiger partial charge in [0.1, 0.15) is 5.82 Å². The fourth-order valence-electron chi connectivity index (χ4n) is 2.95. The number of aromatic nitrogens is 5. The van der Waals surface area contributed by atoms with Gasteiger partial charge in [-0.05, 0) is 23.6 Å². The molecule has 162 valence electrons. The van der Waals surface area contributed by atoms with Gasteiger partial charge in [0.25, 0.3) is 0 Å². The van der Waals surface area contributed by atoms with Gasteiger partial charge in [0.2, 0.25) is 17.5 Å². The fourth-order valence-corrected chi connectivity index (χ4v) is 4.42. The molecule has 0 aliphatic heterocycles. The molecule has 0 fully saturated rings.